The van der Waals surface area contributed by atoms with E-state index in [-0.39, 0.29) is 5.91 Å². The molecule has 1 saturated heterocycles. The summed E-state index contributed by atoms with van der Waals surface area (Å²) >= 11 is 0. The lowest BCUT2D eigenvalue weighted by Crippen LogP contribution is -2.35. The van der Waals surface area contributed by atoms with Crippen molar-refractivity contribution < 1.29 is 9.53 Å². The molecule has 1 heterocycles. The van der Waals surface area contributed by atoms with Crippen LogP contribution in [0.1, 0.15) is 26.2 Å². The molecule has 0 saturated carbocycles. The van der Waals surface area contributed by atoms with Crippen molar-refractivity contribution in [2.45, 2.75) is 26.2 Å². The minimum Gasteiger partial charge on any atom is -0.494 e. The number of hydrogen-bond acceptors (Lipinski definition) is 4. The minimum atomic E-state index is 0.0108. The minimum absolute atomic E-state index is 0.0108. The van der Waals surface area contributed by atoms with Crippen molar-refractivity contribution in [2.24, 2.45) is 5.92 Å². The molecule has 1 amide bonds. The number of nitrogens with zero attached hydrogens (tertiary/aromatic N) is 1. The van der Waals surface area contributed by atoms with E-state index >= 15 is 0 Å². The summed E-state index contributed by atoms with van der Waals surface area (Å²) in [6.45, 7) is 5.30. The van der Waals surface area contributed by atoms with Gasteiger partial charge in [0.25, 0.3) is 0 Å². The van der Waals surface area contributed by atoms with Crippen molar-refractivity contribution in [2.75, 3.05) is 37.8 Å². The Morgan fingerprint density at radius 3 is 2.81 bits per heavy atom. The maximum absolute atomic E-state index is 12.0. The molecule has 0 unspecified atom stereocenters. The molecule has 21 heavy (non-hydrogen) atoms. The van der Waals surface area contributed by atoms with E-state index in [9.17, 15) is 4.79 Å². The molecule has 0 aliphatic carbocycles. The van der Waals surface area contributed by atoms with Crippen molar-refractivity contribution >= 4 is 17.3 Å². The van der Waals surface area contributed by atoms with Gasteiger partial charge in [0.1, 0.15) is 5.75 Å². The van der Waals surface area contributed by atoms with E-state index in [4.69, 9.17) is 10.5 Å². The standard InChI is InChI=1S/C16H25N3O2/c1-12-5-8-19(9-6-12)10-7-16(20)18-14-4-3-13(17)11-15(14)21-2/h3-4,11-12H,5-10,17H2,1-2H3,(H,18,20). The molecular weight excluding hydrogens is 266 g/mol. The van der Waals surface area contributed by atoms with Gasteiger partial charge in [0, 0.05) is 24.7 Å². The summed E-state index contributed by atoms with van der Waals surface area (Å²) in [6.07, 6.45) is 2.96. The molecule has 0 radical (unpaired) electrons. The van der Waals surface area contributed by atoms with Gasteiger partial charge >= 0.3 is 0 Å². The lowest BCUT2D eigenvalue weighted by Gasteiger charge is -2.29. The van der Waals surface area contributed by atoms with E-state index in [0.717, 1.165) is 25.6 Å². The SMILES string of the molecule is COc1cc(N)ccc1NC(=O)CCN1CCC(C)CC1. The highest BCUT2D eigenvalue weighted by Crippen LogP contribution is 2.26. The average Bonchev–Trinajstić information content (AvgIpc) is 2.48. The number of benzene rings is 1. The van der Waals surface area contributed by atoms with Crippen LogP contribution in [-0.2, 0) is 4.79 Å². The van der Waals surface area contributed by atoms with Gasteiger partial charge in [-0.25, -0.2) is 0 Å². The molecule has 1 aliphatic rings. The molecule has 2 rings (SSSR count). The van der Waals surface area contributed by atoms with Gasteiger partial charge in [-0.05, 0) is 44.0 Å². The first-order valence-electron chi connectivity index (χ1n) is 7.54. The molecule has 1 aliphatic heterocycles. The molecule has 5 nitrogen and oxygen atoms in total. The molecule has 0 bridgehead atoms. The number of carbonyl (C=O) groups is 1. The number of amides is 1. The smallest absolute Gasteiger partial charge is 0.225 e. The molecule has 1 aromatic rings. The number of piperidine rings is 1. The van der Waals surface area contributed by atoms with Gasteiger partial charge in [-0.15, -0.1) is 0 Å². The van der Waals surface area contributed by atoms with Crippen LogP contribution in [0, 0.1) is 5.92 Å². The summed E-state index contributed by atoms with van der Waals surface area (Å²) < 4.78 is 5.23. The van der Waals surface area contributed by atoms with Crippen LogP contribution in [0.3, 0.4) is 0 Å². The fourth-order valence-electron chi connectivity index (χ4n) is 2.57. The van der Waals surface area contributed by atoms with E-state index in [1.807, 2.05) is 0 Å². The number of ether oxygens (including phenoxy) is 1. The fourth-order valence-corrected chi connectivity index (χ4v) is 2.57. The van der Waals surface area contributed by atoms with Crippen LogP contribution in [0.4, 0.5) is 11.4 Å². The van der Waals surface area contributed by atoms with Crippen molar-refractivity contribution in [3.63, 3.8) is 0 Å². The quantitative estimate of drug-likeness (QED) is 0.817. The lowest BCUT2D eigenvalue weighted by atomic mass is 9.99. The first-order valence-corrected chi connectivity index (χ1v) is 7.54. The number of anilines is 2. The summed E-state index contributed by atoms with van der Waals surface area (Å²) in [5, 5.41) is 2.89. The molecule has 5 heteroatoms. The summed E-state index contributed by atoms with van der Waals surface area (Å²) in [6, 6.07) is 5.24. The second-order valence-corrected chi connectivity index (χ2v) is 5.78. The van der Waals surface area contributed by atoms with Gasteiger partial charge in [0.15, 0.2) is 0 Å². The van der Waals surface area contributed by atoms with Crippen LogP contribution >= 0.6 is 0 Å². The van der Waals surface area contributed by atoms with Gasteiger partial charge in [0.05, 0.1) is 12.8 Å². The van der Waals surface area contributed by atoms with Crippen LogP contribution < -0.4 is 15.8 Å². The van der Waals surface area contributed by atoms with Gasteiger partial charge in [-0.2, -0.15) is 0 Å². The van der Waals surface area contributed by atoms with Crippen molar-refractivity contribution in [3.05, 3.63) is 18.2 Å². The molecule has 0 spiro atoms. The third-order valence-electron chi connectivity index (χ3n) is 4.03. The summed E-state index contributed by atoms with van der Waals surface area (Å²) in [5.74, 6) is 1.42. The third kappa shape index (κ3) is 4.63. The van der Waals surface area contributed by atoms with Crippen LogP contribution in [0.15, 0.2) is 18.2 Å². The van der Waals surface area contributed by atoms with Gasteiger partial charge in [-0.1, -0.05) is 6.92 Å². The van der Waals surface area contributed by atoms with Crippen molar-refractivity contribution in [1.29, 1.82) is 0 Å². The number of rotatable bonds is 5. The topological polar surface area (TPSA) is 67.6 Å². The number of likely N-dealkylation sites (tertiary alicyclic amines) is 1. The Labute approximate surface area is 126 Å². The Morgan fingerprint density at radius 2 is 2.14 bits per heavy atom. The average molecular weight is 291 g/mol. The van der Waals surface area contributed by atoms with E-state index in [1.54, 1.807) is 25.3 Å². The maximum atomic E-state index is 12.0. The predicted molar refractivity (Wildman–Crippen MR) is 85.5 cm³/mol. The number of nitrogen functional groups attached to an aromatic ring is 1. The Bertz CT molecular complexity index is 482. The summed E-state index contributed by atoms with van der Waals surface area (Å²) in [5.41, 5.74) is 6.99. The molecule has 1 fully saturated rings. The maximum Gasteiger partial charge on any atom is 0.225 e. The third-order valence-corrected chi connectivity index (χ3v) is 4.03. The Hall–Kier alpha value is -1.75. The Balaban J connectivity index is 1.82. The van der Waals surface area contributed by atoms with E-state index < -0.39 is 0 Å². The number of methoxy groups -OCH3 is 1. The zero-order chi connectivity index (χ0) is 15.2. The molecule has 0 aromatic heterocycles. The monoisotopic (exact) mass is 291 g/mol. The van der Waals surface area contributed by atoms with Crippen LogP contribution in [-0.4, -0.2) is 37.6 Å². The molecule has 116 valence electrons. The van der Waals surface area contributed by atoms with Crippen LogP contribution in [0.5, 0.6) is 5.75 Å². The summed E-state index contributed by atoms with van der Waals surface area (Å²) in [7, 11) is 1.57. The zero-order valence-electron chi connectivity index (χ0n) is 12.9. The molecule has 3 N–H and O–H groups in total. The summed E-state index contributed by atoms with van der Waals surface area (Å²) in [4.78, 5) is 14.4. The Morgan fingerprint density at radius 1 is 1.43 bits per heavy atom. The number of carbonyl (C=O) groups excluding carboxylic acids is 1. The van der Waals surface area contributed by atoms with Crippen LogP contribution in [0.2, 0.25) is 0 Å². The number of hydrogen-bond donors (Lipinski definition) is 2. The Kier molecular flexibility index (Phi) is 5.44. The van der Waals surface area contributed by atoms with E-state index in [0.29, 0.717) is 23.5 Å². The highest BCUT2D eigenvalue weighted by Gasteiger charge is 2.16. The number of nitrogens with two attached hydrogens (primary N) is 1. The van der Waals surface area contributed by atoms with Gasteiger partial charge in [0.2, 0.25) is 5.91 Å². The first-order chi connectivity index (χ1) is 10.1. The fraction of sp³-hybridized carbons (Fsp3) is 0.562. The predicted octanol–water partition coefficient (Wildman–Crippen LogP) is 2.34. The van der Waals surface area contributed by atoms with Gasteiger partial charge < -0.3 is 20.7 Å². The van der Waals surface area contributed by atoms with E-state index in [2.05, 4.69) is 17.1 Å². The second kappa shape index (κ2) is 7.31. The van der Waals surface area contributed by atoms with Crippen molar-refractivity contribution in [3.8, 4) is 5.75 Å². The molecule has 1 aromatic carbocycles. The lowest BCUT2D eigenvalue weighted by molar-refractivity contribution is -0.116. The number of nitrogens with one attached hydrogen (secondary N) is 1. The normalized spacial score (nSPS) is 16.7. The van der Waals surface area contributed by atoms with Crippen molar-refractivity contribution in [1.82, 2.24) is 4.90 Å². The zero-order valence-corrected chi connectivity index (χ0v) is 12.9. The van der Waals surface area contributed by atoms with Gasteiger partial charge in [-0.3, -0.25) is 4.79 Å². The highest BCUT2D eigenvalue weighted by atomic mass is 16.5. The largest absolute Gasteiger partial charge is 0.494 e. The van der Waals surface area contributed by atoms with E-state index in [1.165, 1.54) is 12.8 Å². The highest BCUT2D eigenvalue weighted by molar-refractivity contribution is 5.92. The first kappa shape index (κ1) is 15.6. The van der Waals surface area contributed by atoms with Crippen LogP contribution in [0.25, 0.3) is 0 Å². The second-order valence-electron chi connectivity index (χ2n) is 5.78. The molecule has 0 atom stereocenters. The molecular formula is C16H25N3O2.